The van der Waals surface area contributed by atoms with E-state index in [1.54, 1.807) is 9.25 Å². The second-order valence-electron chi connectivity index (χ2n) is 6.78. The first-order valence-electron chi connectivity index (χ1n) is 9.11. The average Bonchev–Trinajstić information content (AvgIpc) is 2.99. The van der Waals surface area contributed by atoms with Crippen LogP contribution in [-0.4, -0.2) is 32.4 Å². The predicted molar refractivity (Wildman–Crippen MR) is 115 cm³/mol. The molecule has 2 aromatic heterocycles. The van der Waals surface area contributed by atoms with Crippen LogP contribution in [-0.2, 0) is 6.54 Å². The normalized spacial score (nSPS) is 16.1. The number of para-hydroxylation sites is 1. The number of halogens is 2. The molecule has 1 atom stereocenters. The van der Waals surface area contributed by atoms with Gasteiger partial charge in [-0.1, -0.05) is 24.3 Å². The quantitative estimate of drug-likeness (QED) is 0.702. The fraction of sp³-hybridized carbons (Fsp3) is 0.350. The number of nitrogens with one attached hydrogen (secondary N) is 1. The molecule has 8 heteroatoms. The monoisotopic (exact) mass is 421 g/mol. The summed E-state index contributed by atoms with van der Waals surface area (Å²) in [5, 5.41) is 8.14. The zero-order valence-corrected chi connectivity index (χ0v) is 17.4. The lowest BCUT2D eigenvalue weighted by Gasteiger charge is -2.22. The SMILES string of the molecule is Cc1cccc(Cn2nc(C3CCCNC3)n(-c3ccccc3)c2=O)n1.Cl.Cl. The van der Waals surface area contributed by atoms with Crippen molar-refractivity contribution in [1.82, 2.24) is 24.6 Å². The molecule has 1 saturated heterocycles. The molecule has 28 heavy (non-hydrogen) atoms. The zero-order chi connectivity index (χ0) is 17.9. The van der Waals surface area contributed by atoms with Gasteiger partial charge in [-0.05, 0) is 50.6 Å². The highest BCUT2D eigenvalue weighted by Gasteiger charge is 2.24. The number of pyridine rings is 1. The Morgan fingerprint density at radius 1 is 1.11 bits per heavy atom. The lowest BCUT2D eigenvalue weighted by Crippen LogP contribution is -2.31. The molecule has 0 saturated carbocycles. The largest absolute Gasteiger partial charge is 0.350 e. The van der Waals surface area contributed by atoms with E-state index in [1.807, 2.05) is 55.5 Å². The van der Waals surface area contributed by atoms with Gasteiger partial charge in [-0.3, -0.25) is 4.98 Å². The van der Waals surface area contributed by atoms with Crippen LogP contribution in [0.3, 0.4) is 0 Å². The van der Waals surface area contributed by atoms with Crippen LogP contribution < -0.4 is 11.0 Å². The molecule has 0 amide bonds. The van der Waals surface area contributed by atoms with E-state index in [4.69, 9.17) is 5.10 Å². The molecule has 4 rings (SSSR count). The Balaban J connectivity index is 0.00000140. The topological polar surface area (TPSA) is 64.7 Å². The first-order chi connectivity index (χ1) is 12.7. The molecule has 0 spiro atoms. The number of aryl methyl sites for hydroxylation is 1. The van der Waals surface area contributed by atoms with E-state index in [9.17, 15) is 4.79 Å². The Labute approximate surface area is 176 Å². The fourth-order valence-corrected chi connectivity index (χ4v) is 3.52. The second kappa shape index (κ2) is 9.87. The average molecular weight is 422 g/mol. The highest BCUT2D eigenvalue weighted by atomic mass is 35.5. The van der Waals surface area contributed by atoms with Crippen molar-refractivity contribution in [2.24, 2.45) is 0 Å². The van der Waals surface area contributed by atoms with Gasteiger partial charge in [0.25, 0.3) is 0 Å². The van der Waals surface area contributed by atoms with Gasteiger partial charge in [0.1, 0.15) is 5.82 Å². The first-order valence-corrected chi connectivity index (χ1v) is 9.11. The van der Waals surface area contributed by atoms with Crippen LogP contribution in [0.2, 0.25) is 0 Å². The van der Waals surface area contributed by atoms with Gasteiger partial charge in [0.2, 0.25) is 0 Å². The molecule has 6 nitrogen and oxygen atoms in total. The molecular weight excluding hydrogens is 397 g/mol. The summed E-state index contributed by atoms with van der Waals surface area (Å²) in [5.74, 6) is 1.07. The van der Waals surface area contributed by atoms with Crippen molar-refractivity contribution < 1.29 is 0 Å². The van der Waals surface area contributed by atoms with Crippen LogP contribution in [0.25, 0.3) is 5.69 Å². The third-order valence-electron chi connectivity index (χ3n) is 4.80. The maximum absolute atomic E-state index is 13.1. The van der Waals surface area contributed by atoms with Gasteiger partial charge in [-0.15, -0.1) is 24.8 Å². The minimum Gasteiger partial charge on any atom is -0.316 e. The van der Waals surface area contributed by atoms with Gasteiger partial charge >= 0.3 is 5.69 Å². The summed E-state index contributed by atoms with van der Waals surface area (Å²) in [6, 6.07) is 15.6. The summed E-state index contributed by atoms with van der Waals surface area (Å²) in [6.07, 6.45) is 2.14. The molecule has 0 radical (unpaired) electrons. The number of piperidine rings is 1. The number of rotatable bonds is 4. The smallest absolute Gasteiger partial charge is 0.316 e. The van der Waals surface area contributed by atoms with Crippen molar-refractivity contribution in [3.8, 4) is 5.69 Å². The molecule has 3 heterocycles. The molecular formula is C20H25Cl2N5O. The number of hydrogen-bond donors (Lipinski definition) is 1. The lowest BCUT2D eigenvalue weighted by atomic mass is 9.99. The Kier molecular flexibility index (Phi) is 7.80. The van der Waals surface area contributed by atoms with E-state index < -0.39 is 0 Å². The summed E-state index contributed by atoms with van der Waals surface area (Å²) in [5.41, 5.74) is 2.54. The number of benzene rings is 1. The molecule has 1 N–H and O–H groups in total. The summed E-state index contributed by atoms with van der Waals surface area (Å²) in [7, 11) is 0. The zero-order valence-electron chi connectivity index (χ0n) is 15.7. The van der Waals surface area contributed by atoms with Gasteiger partial charge in [-0.25, -0.2) is 14.0 Å². The molecule has 1 aliphatic rings. The van der Waals surface area contributed by atoms with Crippen LogP contribution in [0.4, 0.5) is 0 Å². The van der Waals surface area contributed by atoms with E-state index in [1.165, 1.54) is 0 Å². The standard InChI is InChI=1S/C20H23N5O.2ClH/c1-15-7-5-9-17(22-15)14-24-20(26)25(18-10-3-2-4-11-18)19(23-24)16-8-6-12-21-13-16;;/h2-5,7,9-11,16,21H,6,8,12-14H2,1H3;2*1H. The second-order valence-corrected chi connectivity index (χ2v) is 6.78. The minimum absolute atomic E-state index is 0. The molecule has 1 fully saturated rings. The van der Waals surface area contributed by atoms with Gasteiger partial charge in [0.05, 0.1) is 17.9 Å². The molecule has 3 aromatic rings. The summed E-state index contributed by atoms with van der Waals surface area (Å²) in [6.45, 7) is 4.22. The van der Waals surface area contributed by atoms with Crippen LogP contribution in [0.1, 0.15) is 36.0 Å². The number of hydrogen-bond acceptors (Lipinski definition) is 4. The van der Waals surface area contributed by atoms with E-state index in [0.29, 0.717) is 6.54 Å². The van der Waals surface area contributed by atoms with Crippen LogP contribution >= 0.6 is 24.8 Å². The summed E-state index contributed by atoms with van der Waals surface area (Å²) >= 11 is 0. The third-order valence-corrected chi connectivity index (χ3v) is 4.80. The van der Waals surface area contributed by atoms with Gasteiger partial charge in [-0.2, -0.15) is 5.10 Å². The van der Waals surface area contributed by atoms with Crippen molar-refractivity contribution in [3.05, 3.63) is 76.2 Å². The van der Waals surface area contributed by atoms with Gasteiger partial charge in [0, 0.05) is 18.2 Å². The minimum atomic E-state index is -0.111. The third kappa shape index (κ3) is 4.63. The number of aromatic nitrogens is 4. The molecule has 150 valence electrons. The Morgan fingerprint density at radius 2 is 1.89 bits per heavy atom. The highest BCUT2D eigenvalue weighted by molar-refractivity contribution is 5.85. The summed E-state index contributed by atoms with van der Waals surface area (Å²) in [4.78, 5) is 17.6. The first kappa shape index (κ1) is 22.1. The lowest BCUT2D eigenvalue weighted by molar-refractivity contribution is 0.439. The van der Waals surface area contributed by atoms with Crippen LogP contribution in [0, 0.1) is 6.92 Å². The van der Waals surface area contributed by atoms with Gasteiger partial charge in [0.15, 0.2) is 0 Å². The maximum Gasteiger partial charge on any atom is 0.350 e. The van der Waals surface area contributed by atoms with Crippen molar-refractivity contribution in [2.45, 2.75) is 32.2 Å². The molecule has 0 aliphatic carbocycles. The van der Waals surface area contributed by atoms with E-state index in [0.717, 1.165) is 48.8 Å². The van der Waals surface area contributed by atoms with Crippen molar-refractivity contribution in [2.75, 3.05) is 13.1 Å². The van der Waals surface area contributed by atoms with Crippen molar-refractivity contribution in [1.29, 1.82) is 0 Å². The Bertz CT molecular complexity index is 949. The Morgan fingerprint density at radius 3 is 2.57 bits per heavy atom. The fourth-order valence-electron chi connectivity index (χ4n) is 3.52. The molecule has 0 bridgehead atoms. The number of nitrogens with zero attached hydrogens (tertiary/aromatic N) is 4. The van der Waals surface area contributed by atoms with E-state index in [2.05, 4.69) is 10.3 Å². The highest BCUT2D eigenvalue weighted by Crippen LogP contribution is 2.23. The molecule has 1 aromatic carbocycles. The Hall–Kier alpha value is -2.15. The molecule has 1 aliphatic heterocycles. The van der Waals surface area contributed by atoms with E-state index in [-0.39, 0.29) is 36.4 Å². The maximum atomic E-state index is 13.1. The predicted octanol–water partition coefficient (Wildman–Crippen LogP) is 3.10. The van der Waals surface area contributed by atoms with Crippen molar-refractivity contribution >= 4 is 24.8 Å². The van der Waals surface area contributed by atoms with Crippen LogP contribution in [0.5, 0.6) is 0 Å². The summed E-state index contributed by atoms with van der Waals surface area (Å²) < 4.78 is 3.30. The van der Waals surface area contributed by atoms with Crippen LogP contribution in [0.15, 0.2) is 53.3 Å². The van der Waals surface area contributed by atoms with Crippen molar-refractivity contribution in [3.63, 3.8) is 0 Å². The van der Waals surface area contributed by atoms with E-state index >= 15 is 0 Å². The molecule has 1 unspecified atom stereocenters. The van der Waals surface area contributed by atoms with Gasteiger partial charge < -0.3 is 5.32 Å².